The molecular formula is C18H24N4O. The Morgan fingerprint density at radius 1 is 1.22 bits per heavy atom. The average Bonchev–Trinajstić information content (AvgIpc) is 3.26. The Morgan fingerprint density at radius 2 is 2.09 bits per heavy atom. The molecule has 4 rings (SSSR count). The number of methoxy groups -OCH3 is 1. The summed E-state index contributed by atoms with van der Waals surface area (Å²) in [5.41, 5.74) is 3.93. The third-order valence-electron chi connectivity index (χ3n) is 5.46. The zero-order chi connectivity index (χ0) is 15.7. The van der Waals surface area contributed by atoms with Gasteiger partial charge in [-0.3, -0.25) is 5.10 Å². The molecule has 23 heavy (non-hydrogen) atoms. The van der Waals surface area contributed by atoms with Gasteiger partial charge in [0.25, 0.3) is 0 Å². The molecule has 2 saturated heterocycles. The summed E-state index contributed by atoms with van der Waals surface area (Å²) in [7, 11) is 1.74. The molecule has 1 aromatic carbocycles. The molecule has 0 bridgehead atoms. The largest absolute Gasteiger partial charge is 0.496 e. The van der Waals surface area contributed by atoms with Gasteiger partial charge in [-0.2, -0.15) is 5.10 Å². The average molecular weight is 312 g/mol. The molecule has 0 amide bonds. The lowest BCUT2D eigenvalue weighted by Gasteiger charge is -2.34. The van der Waals surface area contributed by atoms with E-state index in [9.17, 15) is 0 Å². The lowest BCUT2D eigenvalue weighted by molar-refractivity contribution is 0.232. The molecule has 0 aliphatic carbocycles. The van der Waals surface area contributed by atoms with Crippen LogP contribution in [-0.4, -0.2) is 43.5 Å². The molecule has 2 fully saturated rings. The van der Waals surface area contributed by atoms with Crippen LogP contribution in [0.3, 0.4) is 0 Å². The molecule has 2 aromatic rings. The number of rotatable bonds is 3. The Morgan fingerprint density at radius 3 is 2.83 bits per heavy atom. The van der Waals surface area contributed by atoms with Gasteiger partial charge in [-0.15, -0.1) is 0 Å². The van der Waals surface area contributed by atoms with Gasteiger partial charge in [0.2, 0.25) is 0 Å². The number of aromatic nitrogens is 2. The summed E-state index contributed by atoms with van der Waals surface area (Å²) in [6.07, 6.45) is 7.64. The number of nitrogens with zero attached hydrogens (tertiary/aromatic N) is 2. The van der Waals surface area contributed by atoms with Crippen LogP contribution in [-0.2, 0) is 0 Å². The molecular weight excluding hydrogens is 288 g/mol. The number of nitrogens with one attached hydrogen (secondary N) is 2. The molecule has 5 nitrogen and oxygen atoms in total. The SMILES string of the molecule is COc1cc(N2CCC3(CCNCC3)C2)ccc1-c1cn[nH]c1. The highest BCUT2D eigenvalue weighted by Crippen LogP contribution is 2.42. The van der Waals surface area contributed by atoms with Crippen LogP contribution in [0.1, 0.15) is 19.3 Å². The first-order chi connectivity index (χ1) is 11.3. The number of aromatic amines is 1. The summed E-state index contributed by atoms with van der Waals surface area (Å²) in [5.74, 6) is 0.912. The van der Waals surface area contributed by atoms with E-state index in [-0.39, 0.29) is 0 Å². The molecule has 0 radical (unpaired) electrons. The number of ether oxygens (including phenoxy) is 1. The lowest BCUT2D eigenvalue weighted by Crippen LogP contribution is -2.38. The van der Waals surface area contributed by atoms with Crippen LogP contribution in [0.25, 0.3) is 11.1 Å². The van der Waals surface area contributed by atoms with Gasteiger partial charge in [0, 0.05) is 42.2 Å². The van der Waals surface area contributed by atoms with Crippen LogP contribution in [0, 0.1) is 5.41 Å². The molecule has 122 valence electrons. The third-order valence-corrected chi connectivity index (χ3v) is 5.46. The molecule has 2 N–H and O–H groups in total. The normalized spacial score (nSPS) is 20.1. The van der Waals surface area contributed by atoms with Gasteiger partial charge in [0.1, 0.15) is 5.75 Å². The van der Waals surface area contributed by atoms with Crippen molar-refractivity contribution < 1.29 is 4.74 Å². The third kappa shape index (κ3) is 2.70. The second-order valence-electron chi connectivity index (χ2n) is 6.79. The van der Waals surface area contributed by atoms with E-state index in [0.29, 0.717) is 5.41 Å². The van der Waals surface area contributed by atoms with Crippen LogP contribution in [0.5, 0.6) is 5.75 Å². The van der Waals surface area contributed by atoms with Gasteiger partial charge in [-0.05, 0) is 49.9 Å². The number of piperidine rings is 1. The van der Waals surface area contributed by atoms with Gasteiger partial charge in [0.15, 0.2) is 0 Å². The monoisotopic (exact) mass is 312 g/mol. The predicted octanol–water partition coefficient (Wildman–Crippen LogP) is 2.67. The second kappa shape index (κ2) is 5.89. The quantitative estimate of drug-likeness (QED) is 0.915. The minimum absolute atomic E-state index is 0.516. The maximum atomic E-state index is 5.63. The van der Waals surface area contributed by atoms with E-state index >= 15 is 0 Å². The van der Waals surface area contributed by atoms with Crippen LogP contribution >= 0.6 is 0 Å². The van der Waals surface area contributed by atoms with Gasteiger partial charge >= 0.3 is 0 Å². The fourth-order valence-electron chi connectivity index (χ4n) is 4.03. The van der Waals surface area contributed by atoms with E-state index in [1.165, 1.54) is 31.5 Å². The number of H-pyrrole nitrogens is 1. The smallest absolute Gasteiger partial charge is 0.128 e. The Balaban J connectivity index is 1.58. The van der Waals surface area contributed by atoms with Crippen molar-refractivity contribution in [2.75, 3.05) is 38.2 Å². The van der Waals surface area contributed by atoms with E-state index in [0.717, 1.165) is 36.5 Å². The molecule has 0 atom stereocenters. The van der Waals surface area contributed by atoms with E-state index in [2.05, 4.69) is 38.6 Å². The Kier molecular flexibility index (Phi) is 3.73. The van der Waals surface area contributed by atoms with Gasteiger partial charge in [0.05, 0.1) is 13.3 Å². The topological polar surface area (TPSA) is 53.2 Å². The van der Waals surface area contributed by atoms with Gasteiger partial charge < -0.3 is 15.0 Å². The highest BCUT2D eigenvalue weighted by molar-refractivity contribution is 5.73. The first kappa shape index (κ1) is 14.6. The Bertz CT molecular complexity index is 662. The van der Waals surface area contributed by atoms with E-state index in [1.54, 1.807) is 7.11 Å². The van der Waals surface area contributed by atoms with Crippen LogP contribution in [0.15, 0.2) is 30.6 Å². The highest BCUT2D eigenvalue weighted by atomic mass is 16.5. The van der Waals surface area contributed by atoms with Crippen LogP contribution in [0.2, 0.25) is 0 Å². The van der Waals surface area contributed by atoms with Crippen molar-refractivity contribution in [2.24, 2.45) is 5.41 Å². The molecule has 2 aliphatic heterocycles. The van der Waals surface area contributed by atoms with Crippen molar-refractivity contribution >= 4 is 5.69 Å². The second-order valence-corrected chi connectivity index (χ2v) is 6.79. The first-order valence-corrected chi connectivity index (χ1v) is 8.43. The first-order valence-electron chi connectivity index (χ1n) is 8.43. The molecule has 3 heterocycles. The van der Waals surface area contributed by atoms with Crippen molar-refractivity contribution in [1.82, 2.24) is 15.5 Å². The summed E-state index contributed by atoms with van der Waals surface area (Å²) in [4.78, 5) is 2.52. The summed E-state index contributed by atoms with van der Waals surface area (Å²) in [5, 5.41) is 10.4. The zero-order valence-corrected chi connectivity index (χ0v) is 13.6. The molecule has 1 spiro atoms. The molecule has 0 unspecified atom stereocenters. The number of hydrogen-bond donors (Lipinski definition) is 2. The zero-order valence-electron chi connectivity index (χ0n) is 13.6. The van der Waals surface area contributed by atoms with Gasteiger partial charge in [-0.1, -0.05) is 0 Å². The fraction of sp³-hybridized carbons (Fsp3) is 0.500. The number of anilines is 1. The maximum Gasteiger partial charge on any atom is 0.128 e. The standard InChI is InChI=1S/C18H24N4O/c1-23-17-10-15(2-3-16(17)14-11-20-21-12-14)22-9-6-18(13-22)4-7-19-8-5-18/h2-3,10-12,19H,4-9,13H2,1H3,(H,20,21). The van der Waals surface area contributed by atoms with Crippen molar-refractivity contribution in [2.45, 2.75) is 19.3 Å². The summed E-state index contributed by atoms with van der Waals surface area (Å²) >= 11 is 0. The molecule has 1 aromatic heterocycles. The lowest BCUT2D eigenvalue weighted by atomic mass is 9.78. The van der Waals surface area contributed by atoms with Crippen molar-refractivity contribution in [3.05, 3.63) is 30.6 Å². The molecule has 0 saturated carbocycles. The van der Waals surface area contributed by atoms with Crippen LogP contribution < -0.4 is 15.0 Å². The van der Waals surface area contributed by atoms with E-state index in [4.69, 9.17) is 4.74 Å². The van der Waals surface area contributed by atoms with Crippen LogP contribution in [0.4, 0.5) is 5.69 Å². The summed E-state index contributed by atoms with van der Waals surface area (Å²) in [6, 6.07) is 6.53. The maximum absolute atomic E-state index is 5.63. The molecule has 2 aliphatic rings. The predicted molar refractivity (Wildman–Crippen MR) is 91.9 cm³/mol. The van der Waals surface area contributed by atoms with Crippen molar-refractivity contribution in [3.8, 4) is 16.9 Å². The minimum Gasteiger partial charge on any atom is -0.496 e. The minimum atomic E-state index is 0.516. The number of hydrogen-bond acceptors (Lipinski definition) is 4. The van der Waals surface area contributed by atoms with E-state index in [1.807, 2.05) is 12.4 Å². The highest BCUT2D eigenvalue weighted by Gasteiger charge is 2.38. The van der Waals surface area contributed by atoms with Crippen molar-refractivity contribution in [1.29, 1.82) is 0 Å². The summed E-state index contributed by atoms with van der Waals surface area (Å²) < 4.78 is 5.63. The van der Waals surface area contributed by atoms with Gasteiger partial charge in [-0.25, -0.2) is 0 Å². The number of benzene rings is 1. The Hall–Kier alpha value is -2.01. The van der Waals surface area contributed by atoms with E-state index < -0.39 is 0 Å². The fourth-order valence-corrected chi connectivity index (χ4v) is 4.03. The Labute approximate surface area is 137 Å². The summed E-state index contributed by atoms with van der Waals surface area (Å²) in [6.45, 7) is 4.64. The van der Waals surface area contributed by atoms with Crippen molar-refractivity contribution in [3.63, 3.8) is 0 Å². The molecule has 5 heteroatoms.